The van der Waals surface area contributed by atoms with Crippen LogP contribution in [0.2, 0.25) is 0 Å². The largest absolute Gasteiger partial charge is 0.495 e. The lowest BCUT2D eigenvalue weighted by molar-refractivity contribution is -0.116. The van der Waals surface area contributed by atoms with E-state index in [2.05, 4.69) is 20.8 Å². The lowest BCUT2D eigenvalue weighted by atomic mass is 10.1. The summed E-state index contributed by atoms with van der Waals surface area (Å²) in [7, 11) is 1.56. The molecule has 32 heavy (non-hydrogen) atoms. The van der Waals surface area contributed by atoms with E-state index >= 15 is 0 Å². The molecule has 0 aliphatic carbocycles. The van der Waals surface area contributed by atoms with Crippen molar-refractivity contribution in [3.63, 3.8) is 0 Å². The van der Waals surface area contributed by atoms with Crippen LogP contribution in [-0.4, -0.2) is 39.4 Å². The van der Waals surface area contributed by atoms with Gasteiger partial charge in [0, 0.05) is 12.2 Å². The molecule has 0 aliphatic heterocycles. The maximum Gasteiger partial charge on any atom is 0.234 e. The van der Waals surface area contributed by atoms with E-state index in [0.717, 1.165) is 11.3 Å². The highest BCUT2D eigenvalue weighted by Crippen LogP contribution is 2.24. The second kappa shape index (κ2) is 10.8. The number of aromatic nitrogens is 3. The van der Waals surface area contributed by atoms with Gasteiger partial charge in [-0.1, -0.05) is 30.0 Å². The Kier molecular flexibility index (Phi) is 7.88. The Bertz CT molecular complexity index is 1110. The Labute approximate surface area is 191 Å². The third-order valence-electron chi connectivity index (χ3n) is 4.93. The van der Waals surface area contributed by atoms with Crippen molar-refractivity contribution < 1.29 is 14.3 Å². The Morgan fingerprint density at radius 1 is 1.03 bits per heavy atom. The molecule has 0 radical (unpaired) electrons. The van der Waals surface area contributed by atoms with Crippen LogP contribution in [0.25, 0.3) is 0 Å². The molecule has 2 N–H and O–H groups in total. The molecule has 0 bridgehead atoms. The first-order valence-electron chi connectivity index (χ1n) is 10.3. The number of para-hydroxylation sites is 2. The summed E-state index contributed by atoms with van der Waals surface area (Å²) in [6.07, 6.45) is 0.0989. The number of hydrogen-bond donors (Lipinski definition) is 2. The van der Waals surface area contributed by atoms with Gasteiger partial charge in [0.2, 0.25) is 11.8 Å². The molecule has 168 valence electrons. The summed E-state index contributed by atoms with van der Waals surface area (Å²) in [6, 6.07) is 13.0. The third kappa shape index (κ3) is 5.88. The quantitative estimate of drug-likeness (QED) is 0.478. The first kappa shape index (κ1) is 23.3. The van der Waals surface area contributed by atoms with E-state index in [1.165, 1.54) is 17.3 Å². The number of ether oxygens (including phenoxy) is 1. The lowest BCUT2D eigenvalue weighted by Crippen LogP contribution is -2.18. The molecule has 2 amide bonds. The average molecular weight is 454 g/mol. The summed E-state index contributed by atoms with van der Waals surface area (Å²) >= 11 is 1.27. The first-order valence-corrected chi connectivity index (χ1v) is 11.2. The van der Waals surface area contributed by atoms with Crippen LogP contribution >= 0.6 is 11.8 Å². The van der Waals surface area contributed by atoms with Crippen LogP contribution in [0.15, 0.2) is 47.6 Å². The van der Waals surface area contributed by atoms with Crippen molar-refractivity contribution in [1.29, 1.82) is 0 Å². The van der Waals surface area contributed by atoms with Crippen molar-refractivity contribution in [3.05, 3.63) is 59.4 Å². The zero-order valence-corrected chi connectivity index (χ0v) is 19.5. The fourth-order valence-corrected chi connectivity index (χ4v) is 3.93. The SMILES string of the molecule is CCn1c(CC(=O)Nc2ccc(C)c(C)c2)nnc1SCC(=O)Nc1ccccc1OC. The van der Waals surface area contributed by atoms with Gasteiger partial charge in [-0.05, 0) is 56.2 Å². The highest BCUT2D eigenvalue weighted by atomic mass is 32.2. The molecule has 1 heterocycles. The van der Waals surface area contributed by atoms with E-state index in [1.807, 2.05) is 55.7 Å². The topological polar surface area (TPSA) is 98.1 Å². The molecule has 3 rings (SSSR count). The fraction of sp³-hybridized carbons (Fsp3) is 0.304. The Morgan fingerprint density at radius 2 is 1.81 bits per heavy atom. The summed E-state index contributed by atoms with van der Waals surface area (Å²) in [4.78, 5) is 24.9. The van der Waals surface area contributed by atoms with Crippen molar-refractivity contribution in [2.45, 2.75) is 38.9 Å². The molecule has 8 nitrogen and oxygen atoms in total. The van der Waals surface area contributed by atoms with Gasteiger partial charge in [0.1, 0.15) is 11.6 Å². The van der Waals surface area contributed by atoms with Gasteiger partial charge in [-0.3, -0.25) is 9.59 Å². The molecule has 0 saturated heterocycles. The maximum absolute atomic E-state index is 12.5. The van der Waals surface area contributed by atoms with Crippen LogP contribution in [0.5, 0.6) is 5.75 Å². The standard InChI is InChI=1S/C23H27N5O3S/c1-5-28-20(13-21(29)24-17-11-10-15(2)16(3)12-17)26-27-23(28)32-14-22(30)25-18-8-6-7-9-19(18)31-4/h6-12H,5,13-14H2,1-4H3,(H,24,29)(H,25,30). The summed E-state index contributed by atoms with van der Waals surface area (Å²) in [6.45, 7) is 6.58. The van der Waals surface area contributed by atoms with Crippen molar-refractivity contribution in [1.82, 2.24) is 14.8 Å². The molecule has 9 heteroatoms. The first-order chi connectivity index (χ1) is 15.4. The molecule has 0 aliphatic rings. The summed E-state index contributed by atoms with van der Waals surface area (Å²) in [5, 5.41) is 14.7. The van der Waals surface area contributed by atoms with E-state index in [-0.39, 0.29) is 24.0 Å². The Morgan fingerprint density at radius 3 is 2.53 bits per heavy atom. The van der Waals surface area contributed by atoms with Crippen LogP contribution in [0.4, 0.5) is 11.4 Å². The second-order valence-corrected chi connectivity index (χ2v) is 8.15. The molecule has 0 spiro atoms. The predicted molar refractivity (Wildman–Crippen MR) is 126 cm³/mol. The lowest BCUT2D eigenvalue weighted by Gasteiger charge is -2.10. The number of methoxy groups -OCH3 is 1. The number of rotatable bonds is 9. The van der Waals surface area contributed by atoms with Crippen molar-refractivity contribution in [3.8, 4) is 5.75 Å². The zero-order chi connectivity index (χ0) is 23.1. The van der Waals surface area contributed by atoms with Gasteiger partial charge in [0.05, 0.1) is 25.0 Å². The number of benzene rings is 2. The minimum atomic E-state index is -0.181. The molecule has 0 saturated carbocycles. The normalized spacial score (nSPS) is 10.6. The van der Waals surface area contributed by atoms with Crippen LogP contribution in [0, 0.1) is 13.8 Å². The minimum Gasteiger partial charge on any atom is -0.495 e. The van der Waals surface area contributed by atoms with E-state index in [4.69, 9.17) is 4.74 Å². The van der Waals surface area contributed by atoms with Crippen molar-refractivity contribution >= 4 is 35.0 Å². The number of anilines is 2. The minimum absolute atomic E-state index is 0.0989. The molecular weight excluding hydrogens is 426 g/mol. The number of nitrogens with zero attached hydrogens (tertiary/aromatic N) is 3. The van der Waals surface area contributed by atoms with Crippen LogP contribution in [0.3, 0.4) is 0 Å². The zero-order valence-electron chi connectivity index (χ0n) is 18.6. The van der Waals surface area contributed by atoms with Crippen LogP contribution in [-0.2, 0) is 22.6 Å². The van der Waals surface area contributed by atoms with Crippen molar-refractivity contribution in [2.75, 3.05) is 23.5 Å². The summed E-state index contributed by atoms with van der Waals surface area (Å²) < 4.78 is 7.10. The Balaban J connectivity index is 1.59. The van der Waals surface area contributed by atoms with Gasteiger partial charge < -0.3 is 19.9 Å². The number of carbonyl (C=O) groups excluding carboxylic acids is 2. The van der Waals surface area contributed by atoms with Gasteiger partial charge in [-0.2, -0.15) is 0 Å². The summed E-state index contributed by atoms with van der Waals surface area (Å²) in [5.41, 5.74) is 3.65. The van der Waals surface area contributed by atoms with Gasteiger partial charge in [0.15, 0.2) is 5.16 Å². The smallest absolute Gasteiger partial charge is 0.234 e. The number of nitrogens with one attached hydrogen (secondary N) is 2. The molecule has 3 aromatic rings. The molecular formula is C23H27N5O3S. The number of aryl methyl sites for hydroxylation is 2. The van der Waals surface area contributed by atoms with Crippen molar-refractivity contribution in [2.24, 2.45) is 0 Å². The molecule has 1 aromatic heterocycles. The number of carbonyl (C=O) groups is 2. The predicted octanol–water partition coefficient (Wildman–Crippen LogP) is 3.84. The maximum atomic E-state index is 12.5. The molecule has 2 aromatic carbocycles. The number of hydrogen-bond acceptors (Lipinski definition) is 6. The van der Waals surface area contributed by atoms with Gasteiger partial charge in [-0.15, -0.1) is 10.2 Å². The van der Waals surface area contributed by atoms with E-state index in [1.54, 1.807) is 19.2 Å². The highest BCUT2D eigenvalue weighted by molar-refractivity contribution is 7.99. The van der Waals surface area contributed by atoms with Gasteiger partial charge in [-0.25, -0.2) is 0 Å². The van der Waals surface area contributed by atoms with E-state index in [0.29, 0.717) is 29.0 Å². The monoisotopic (exact) mass is 453 g/mol. The second-order valence-electron chi connectivity index (χ2n) is 7.20. The molecule has 0 atom stereocenters. The van der Waals surface area contributed by atoms with Crippen LogP contribution < -0.4 is 15.4 Å². The summed E-state index contributed by atoms with van der Waals surface area (Å²) in [5.74, 6) is 0.964. The molecule has 0 unspecified atom stereocenters. The highest BCUT2D eigenvalue weighted by Gasteiger charge is 2.16. The average Bonchev–Trinajstić information content (AvgIpc) is 3.16. The Hall–Kier alpha value is -3.33. The third-order valence-corrected chi connectivity index (χ3v) is 5.90. The van der Waals surface area contributed by atoms with E-state index < -0.39 is 0 Å². The number of thioether (sulfide) groups is 1. The number of amides is 2. The van der Waals surface area contributed by atoms with Gasteiger partial charge >= 0.3 is 0 Å². The fourth-order valence-electron chi connectivity index (χ4n) is 3.11. The van der Waals surface area contributed by atoms with Gasteiger partial charge in [0.25, 0.3) is 0 Å². The van der Waals surface area contributed by atoms with Crippen LogP contribution in [0.1, 0.15) is 23.9 Å². The van der Waals surface area contributed by atoms with E-state index in [9.17, 15) is 9.59 Å². The molecule has 0 fully saturated rings.